The van der Waals surface area contributed by atoms with Crippen LogP contribution >= 0.6 is 0 Å². The number of hydrogen-bond donors (Lipinski definition) is 1. The van der Waals surface area contributed by atoms with Crippen LogP contribution in [0.2, 0.25) is 0 Å². The summed E-state index contributed by atoms with van der Waals surface area (Å²) in [6, 6.07) is 15.3. The van der Waals surface area contributed by atoms with Gasteiger partial charge in [0.2, 0.25) is 5.91 Å². The number of benzene rings is 2. The van der Waals surface area contributed by atoms with Gasteiger partial charge < -0.3 is 14.8 Å². The molecule has 0 aliphatic heterocycles. The molecule has 0 aromatic heterocycles. The van der Waals surface area contributed by atoms with E-state index in [1.165, 1.54) is 6.08 Å². The second kappa shape index (κ2) is 8.03. The standard InChI is InChI=1S/C19H21NO3/c1-14(15-8-5-4-6-9-15)20-18(21)13-12-16-10-7-11-17(22-2)19(16)23-3/h4-14H,1-3H3,(H,20,21)/b13-12+/t14-/m1/s1. The van der Waals surface area contributed by atoms with Crippen LogP contribution in [0.15, 0.2) is 54.6 Å². The molecular weight excluding hydrogens is 290 g/mol. The van der Waals surface area contributed by atoms with Crippen molar-refractivity contribution >= 4 is 12.0 Å². The molecule has 0 heterocycles. The molecule has 2 rings (SSSR count). The molecule has 4 heteroatoms. The topological polar surface area (TPSA) is 47.6 Å². The third kappa shape index (κ3) is 4.36. The van der Waals surface area contributed by atoms with Crippen molar-refractivity contribution in [2.75, 3.05) is 14.2 Å². The van der Waals surface area contributed by atoms with Crippen molar-refractivity contribution in [3.8, 4) is 11.5 Å². The van der Waals surface area contributed by atoms with Gasteiger partial charge in [0.15, 0.2) is 11.5 Å². The largest absolute Gasteiger partial charge is 0.493 e. The highest BCUT2D eigenvalue weighted by molar-refractivity contribution is 5.92. The van der Waals surface area contributed by atoms with Crippen LogP contribution < -0.4 is 14.8 Å². The molecule has 0 saturated carbocycles. The molecule has 0 bridgehead atoms. The van der Waals surface area contributed by atoms with Crippen molar-refractivity contribution in [1.29, 1.82) is 0 Å². The molecule has 0 spiro atoms. The van der Waals surface area contributed by atoms with Crippen LogP contribution in [0.4, 0.5) is 0 Å². The Kier molecular flexibility index (Phi) is 5.80. The minimum Gasteiger partial charge on any atom is -0.493 e. The van der Waals surface area contributed by atoms with Crippen LogP contribution in [0.25, 0.3) is 6.08 Å². The van der Waals surface area contributed by atoms with E-state index in [1.807, 2.05) is 55.5 Å². The van der Waals surface area contributed by atoms with Gasteiger partial charge in [0.1, 0.15) is 0 Å². The highest BCUT2D eigenvalue weighted by Crippen LogP contribution is 2.31. The van der Waals surface area contributed by atoms with E-state index in [0.717, 1.165) is 11.1 Å². The fourth-order valence-electron chi connectivity index (χ4n) is 2.30. The number of hydrogen-bond acceptors (Lipinski definition) is 3. The molecule has 0 fully saturated rings. The molecule has 1 amide bonds. The predicted molar refractivity (Wildman–Crippen MR) is 91.6 cm³/mol. The number of carbonyl (C=O) groups excluding carboxylic acids is 1. The van der Waals surface area contributed by atoms with Crippen molar-refractivity contribution in [1.82, 2.24) is 5.32 Å². The quantitative estimate of drug-likeness (QED) is 0.829. The first-order valence-corrected chi connectivity index (χ1v) is 7.40. The molecule has 4 nitrogen and oxygen atoms in total. The first-order valence-electron chi connectivity index (χ1n) is 7.40. The Labute approximate surface area is 136 Å². The Balaban J connectivity index is 2.07. The van der Waals surface area contributed by atoms with Gasteiger partial charge in [-0.2, -0.15) is 0 Å². The summed E-state index contributed by atoms with van der Waals surface area (Å²) in [7, 11) is 3.16. The summed E-state index contributed by atoms with van der Waals surface area (Å²) in [5.41, 5.74) is 1.85. The first kappa shape index (κ1) is 16.6. The van der Waals surface area contributed by atoms with E-state index in [1.54, 1.807) is 20.3 Å². The van der Waals surface area contributed by atoms with E-state index >= 15 is 0 Å². The van der Waals surface area contributed by atoms with E-state index in [-0.39, 0.29) is 11.9 Å². The lowest BCUT2D eigenvalue weighted by atomic mass is 10.1. The molecule has 0 radical (unpaired) electrons. The average molecular weight is 311 g/mol. The highest BCUT2D eigenvalue weighted by atomic mass is 16.5. The molecule has 2 aromatic carbocycles. The second-order valence-electron chi connectivity index (χ2n) is 5.06. The summed E-state index contributed by atoms with van der Waals surface area (Å²) in [5.74, 6) is 1.08. The maximum atomic E-state index is 12.1. The van der Waals surface area contributed by atoms with Crippen molar-refractivity contribution in [3.63, 3.8) is 0 Å². The maximum Gasteiger partial charge on any atom is 0.244 e. The van der Waals surface area contributed by atoms with Gasteiger partial charge >= 0.3 is 0 Å². The van der Waals surface area contributed by atoms with Crippen LogP contribution in [0.1, 0.15) is 24.1 Å². The van der Waals surface area contributed by atoms with Gasteiger partial charge in [-0.15, -0.1) is 0 Å². The second-order valence-corrected chi connectivity index (χ2v) is 5.06. The van der Waals surface area contributed by atoms with Crippen molar-refractivity contribution < 1.29 is 14.3 Å². The molecule has 0 aliphatic carbocycles. The van der Waals surface area contributed by atoms with Crippen LogP contribution in [0, 0.1) is 0 Å². The third-order valence-electron chi connectivity index (χ3n) is 3.51. The number of rotatable bonds is 6. The first-order chi connectivity index (χ1) is 11.2. The molecule has 0 saturated heterocycles. The number of para-hydroxylation sites is 1. The van der Waals surface area contributed by atoms with E-state index in [2.05, 4.69) is 5.32 Å². The highest BCUT2D eigenvalue weighted by Gasteiger charge is 2.09. The smallest absolute Gasteiger partial charge is 0.244 e. The molecule has 120 valence electrons. The molecule has 0 unspecified atom stereocenters. The van der Waals surface area contributed by atoms with Gasteiger partial charge in [0, 0.05) is 11.6 Å². The summed E-state index contributed by atoms with van der Waals surface area (Å²) in [5, 5.41) is 2.93. The number of nitrogens with one attached hydrogen (secondary N) is 1. The van der Waals surface area contributed by atoms with Crippen LogP contribution in [-0.2, 0) is 4.79 Å². The summed E-state index contributed by atoms with van der Waals surface area (Å²) in [4.78, 5) is 12.1. The number of carbonyl (C=O) groups is 1. The number of methoxy groups -OCH3 is 2. The van der Waals surface area contributed by atoms with E-state index in [0.29, 0.717) is 11.5 Å². The van der Waals surface area contributed by atoms with Crippen molar-refractivity contribution in [2.45, 2.75) is 13.0 Å². The minimum atomic E-state index is -0.161. The summed E-state index contributed by atoms with van der Waals surface area (Å²) < 4.78 is 10.6. The lowest BCUT2D eigenvalue weighted by Gasteiger charge is -2.13. The minimum absolute atomic E-state index is 0.0550. The Morgan fingerprint density at radius 1 is 1.04 bits per heavy atom. The van der Waals surface area contributed by atoms with Gasteiger partial charge in [0.05, 0.1) is 20.3 Å². The van der Waals surface area contributed by atoms with E-state index in [9.17, 15) is 4.79 Å². The number of ether oxygens (including phenoxy) is 2. The van der Waals surface area contributed by atoms with Gasteiger partial charge in [0.25, 0.3) is 0 Å². The van der Waals surface area contributed by atoms with Gasteiger partial charge in [-0.1, -0.05) is 42.5 Å². The monoisotopic (exact) mass is 311 g/mol. The van der Waals surface area contributed by atoms with Crippen molar-refractivity contribution in [2.24, 2.45) is 0 Å². The van der Waals surface area contributed by atoms with Crippen LogP contribution in [0.3, 0.4) is 0 Å². The third-order valence-corrected chi connectivity index (χ3v) is 3.51. The summed E-state index contributed by atoms with van der Waals surface area (Å²) >= 11 is 0. The zero-order valence-electron chi connectivity index (χ0n) is 13.6. The molecular formula is C19H21NO3. The van der Waals surface area contributed by atoms with Crippen LogP contribution in [-0.4, -0.2) is 20.1 Å². The van der Waals surface area contributed by atoms with Gasteiger partial charge in [-0.3, -0.25) is 4.79 Å². The average Bonchev–Trinajstić information content (AvgIpc) is 2.60. The molecule has 0 aliphatic rings. The lowest BCUT2D eigenvalue weighted by molar-refractivity contribution is -0.117. The fraction of sp³-hybridized carbons (Fsp3) is 0.211. The Morgan fingerprint density at radius 2 is 1.78 bits per heavy atom. The van der Waals surface area contributed by atoms with Crippen molar-refractivity contribution in [3.05, 3.63) is 65.7 Å². The van der Waals surface area contributed by atoms with E-state index in [4.69, 9.17) is 9.47 Å². The summed E-state index contributed by atoms with van der Waals surface area (Å²) in [6.07, 6.45) is 3.21. The zero-order valence-corrected chi connectivity index (χ0v) is 13.6. The molecule has 2 aromatic rings. The van der Waals surface area contributed by atoms with Gasteiger partial charge in [-0.25, -0.2) is 0 Å². The molecule has 1 atom stereocenters. The Morgan fingerprint density at radius 3 is 2.43 bits per heavy atom. The van der Waals surface area contributed by atoms with Gasteiger partial charge in [-0.05, 0) is 24.6 Å². The Hall–Kier alpha value is -2.75. The lowest BCUT2D eigenvalue weighted by Crippen LogP contribution is -2.24. The Bertz CT molecular complexity index is 680. The normalized spacial score (nSPS) is 12.0. The fourth-order valence-corrected chi connectivity index (χ4v) is 2.30. The molecule has 23 heavy (non-hydrogen) atoms. The molecule has 1 N–H and O–H groups in total. The van der Waals surface area contributed by atoms with E-state index < -0.39 is 0 Å². The van der Waals surface area contributed by atoms with Crippen LogP contribution in [0.5, 0.6) is 11.5 Å². The maximum absolute atomic E-state index is 12.1. The number of amides is 1. The summed E-state index contributed by atoms with van der Waals surface area (Å²) in [6.45, 7) is 1.95. The zero-order chi connectivity index (χ0) is 16.7. The SMILES string of the molecule is COc1cccc(/C=C/C(=O)N[C@H](C)c2ccccc2)c1OC. The predicted octanol–water partition coefficient (Wildman–Crippen LogP) is 3.59.